The summed E-state index contributed by atoms with van der Waals surface area (Å²) in [4.78, 5) is 50.0. The molecule has 0 radical (unpaired) electrons. The van der Waals surface area contributed by atoms with Gasteiger partial charge in [0.2, 0.25) is 11.8 Å². The molecule has 0 saturated carbocycles. The molecule has 1 aromatic carbocycles. The van der Waals surface area contributed by atoms with Gasteiger partial charge in [-0.15, -0.1) is 0 Å². The first-order chi connectivity index (χ1) is 22.2. The lowest BCUT2D eigenvalue weighted by Gasteiger charge is -2.23. The first-order valence-electron chi connectivity index (χ1n) is 14.3. The molecule has 1 fully saturated rings. The van der Waals surface area contributed by atoms with Gasteiger partial charge < -0.3 is 24.6 Å². The number of ether oxygens (including phenoxy) is 1. The molecule has 0 aliphatic carbocycles. The second kappa shape index (κ2) is 12.8. The smallest absolute Gasteiger partial charge is 0.407 e. The van der Waals surface area contributed by atoms with Crippen LogP contribution < -0.4 is 10.1 Å². The number of aryl methyl sites for hydroxylation is 1. The van der Waals surface area contributed by atoms with E-state index < -0.39 is 6.09 Å². The number of benzene rings is 1. The van der Waals surface area contributed by atoms with Crippen molar-refractivity contribution in [2.75, 3.05) is 13.7 Å². The number of aldehydes is 1. The van der Waals surface area contributed by atoms with Crippen molar-refractivity contribution in [2.45, 2.75) is 25.4 Å². The fraction of sp³-hybridized carbons (Fsp3) is 0.212. The maximum Gasteiger partial charge on any atom is 0.407 e. The molecule has 0 bridgehead atoms. The van der Waals surface area contributed by atoms with Gasteiger partial charge in [0.1, 0.15) is 0 Å². The molecule has 2 N–H and O–H groups in total. The Morgan fingerprint density at radius 3 is 2.65 bits per heavy atom. The van der Waals surface area contributed by atoms with E-state index in [2.05, 4.69) is 20.3 Å². The maximum atomic E-state index is 12.0. The van der Waals surface area contributed by atoms with Gasteiger partial charge in [-0.2, -0.15) is 0 Å². The first-order valence-corrected chi connectivity index (χ1v) is 15.1. The summed E-state index contributed by atoms with van der Waals surface area (Å²) in [6.45, 7) is 0.185. The molecule has 46 heavy (non-hydrogen) atoms. The molecular formula is C33H28Cl2N6O5. The van der Waals surface area contributed by atoms with Crippen molar-refractivity contribution >= 4 is 52.5 Å². The van der Waals surface area contributed by atoms with E-state index in [4.69, 9.17) is 27.9 Å². The predicted octanol–water partition coefficient (Wildman–Crippen LogP) is 6.25. The Morgan fingerprint density at radius 2 is 1.93 bits per heavy atom. The van der Waals surface area contributed by atoms with Crippen LogP contribution in [0.2, 0.25) is 10.0 Å². The molecule has 6 rings (SSSR count). The van der Waals surface area contributed by atoms with Crippen molar-refractivity contribution in [3.63, 3.8) is 0 Å². The number of halogens is 2. The highest BCUT2D eigenvalue weighted by Crippen LogP contribution is 2.42. The van der Waals surface area contributed by atoms with Crippen LogP contribution in [0.25, 0.3) is 44.7 Å². The maximum absolute atomic E-state index is 12.0. The van der Waals surface area contributed by atoms with Crippen LogP contribution in [-0.2, 0) is 18.4 Å². The number of nitrogens with one attached hydrogen (secondary N) is 1. The lowest BCUT2D eigenvalue weighted by molar-refractivity contribution is -0.119. The van der Waals surface area contributed by atoms with Crippen molar-refractivity contribution in [3.8, 4) is 39.5 Å². The number of methoxy groups -OCH3 is 1. The molecule has 1 saturated heterocycles. The highest BCUT2D eigenvalue weighted by molar-refractivity contribution is 6.39. The Hall–Kier alpha value is -5.00. The van der Waals surface area contributed by atoms with Gasteiger partial charge in [0.05, 0.1) is 51.7 Å². The molecule has 13 heteroatoms. The Balaban J connectivity index is 1.32. The van der Waals surface area contributed by atoms with Gasteiger partial charge >= 0.3 is 6.09 Å². The normalized spacial score (nSPS) is 14.3. The van der Waals surface area contributed by atoms with Crippen LogP contribution in [-0.4, -0.2) is 67.5 Å². The van der Waals surface area contributed by atoms with E-state index in [1.165, 1.54) is 12.0 Å². The van der Waals surface area contributed by atoms with Gasteiger partial charge in [-0.05, 0) is 30.7 Å². The number of hydrogen-bond acceptors (Lipinski definition) is 7. The zero-order chi connectivity index (χ0) is 32.5. The SMILES string of the molecule is COc1nc(-c2cccc(-c3ccnc(-c4cnc5c(C=O)cn(C)c5c4)c3Cl)c2Cl)ccc1CN(CC1CCC(=O)N1)C(=O)O. The topological polar surface area (TPSA) is 140 Å². The first kappa shape index (κ1) is 31.0. The third-order valence-corrected chi connectivity index (χ3v) is 8.79. The summed E-state index contributed by atoms with van der Waals surface area (Å²) in [5, 5.41) is 13.4. The number of hydrogen-bond donors (Lipinski definition) is 2. The molecule has 234 valence electrons. The Bertz CT molecular complexity index is 2010. The van der Waals surface area contributed by atoms with Gasteiger partial charge in [-0.1, -0.05) is 41.4 Å². The number of carbonyl (C=O) groups is 3. The second-order valence-corrected chi connectivity index (χ2v) is 11.7. The van der Waals surface area contributed by atoms with Gasteiger partial charge in [0.25, 0.3) is 0 Å². The Kier molecular flexibility index (Phi) is 8.61. The molecule has 5 heterocycles. The van der Waals surface area contributed by atoms with Crippen molar-refractivity contribution in [1.29, 1.82) is 0 Å². The van der Waals surface area contributed by atoms with Crippen LogP contribution in [0.15, 0.2) is 61.1 Å². The van der Waals surface area contributed by atoms with E-state index in [1.54, 1.807) is 36.8 Å². The fourth-order valence-corrected chi connectivity index (χ4v) is 6.35. The molecule has 1 aliphatic heterocycles. The molecule has 4 aromatic heterocycles. The quantitative estimate of drug-likeness (QED) is 0.177. The number of rotatable bonds is 9. The molecule has 1 atom stereocenters. The van der Waals surface area contributed by atoms with Gasteiger partial charge in [0.15, 0.2) is 6.29 Å². The van der Waals surface area contributed by atoms with E-state index >= 15 is 0 Å². The molecule has 1 aliphatic rings. The average molecular weight is 660 g/mol. The zero-order valence-electron chi connectivity index (χ0n) is 24.8. The number of aromatic nitrogens is 4. The molecule has 2 amide bonds. The van der Waals surface area contributed by atoms with Gasteiger partial charge in [-0.25, -0.2) is 9.78 Å². The van der Waals surface area contributed by atoms with Crippen LogP contribution in [0.1, 0.15) is 28.8 Å². The number of carboxylic acid groups (broad SMARTS) is 1. The summed E-state index contributed by atoms with van der Waals surface area (Å²) in [5.74, 6) is 0.174. The van der Waals surface area contributed by atoms with E-state index in [0.717, 1.165) is 11.8 Å². The molecular weight excluding hydrogens is 631 g/mol. The number of carbonyl (C=O) groups excluding carboxylic acids is 2. The average Bonchev–Trinajstić information content (AvgIpc) is 3.62. The standard InChI is InChI=1S/C33H28Cl2N6O5/c1-40-14-20(17-42)30-26(40)12-19(13-37-30)31-29(35)23(10-11-36-31)22-4-3-5-24(28(22)34)25-8-6-18(32(39-25)46-2)15-41(33(44)45)16-21-7-9-27(43)38-21/h3-6,8,10-14,17,21H,7,9,15-16H2,1-2H3,(H,38,43)(H,44,45). The minimum atomic E-state index is -1.11. The summed E-state index contributed by atoms with van der Waals surface area (Å²) in [6, 6.07) is 12.5. The summed E-state index contributed by atoms with van der Waals surface area (Å²) in [5.41, 5.74) is 6.06. The molecule has 0 spiro atoms. The summed E-state index contributed by atoms with van der Waals surface area (Å²) in [7, 11) is 3.31. The van der Waals surface area contributed by atoms with Crippen LogP contribution in [0.4, 0.5) is 4.79 Å². The van der Waals surface area contributed by atoms with Crippen molar-refractivity contribution in [1.82, 2.24) is 29.7 Å². The lowest BCUT2D eigenvalue weighted by Crippen LogP contribution is -2.41. The third-order valence-electron chi connectivity index (χ3n) is 8.00. The van der Waals surface area contributed by atoms with E-state index in [1.807, 2.05) is 35.9 Å². The number of nitrogens with zero attached hydrogens (tertiary/aromatic N) is 5. The van der Waals surface area contributed by atoms with Crippen LogP contribution in [0, 0.1) is 0 Å². The largest absolute Gasteiger partial charge is 0.481 e. The van der Waals surface area contributed by atoms with Gasteiger partial charge in [0, 0.05) is 72.5 Å². The zero-order valence-corrected chi connectivity index (χ0v) is 26.3. The summed E-state index contributed by atoms with van der Waals surface area (Å²) in [6.07, 6.45) is 5.63. The van der Waals surface area contributed by atoms with Crippen LogP contribution in [0.5, 0.6) is 5.88 Å². The monoisotopic (exact) mass is 658 g/mol. The van der Waals surface area contributed by atoms with Gasteiger partial charge in [-0.3, -0.25) is 19.6 Å². The van der Waals surface area contributed by atoms with Crippen molar-refractivity contribution in [3.05, 3.63) is 82.2 Å². The Labute approximate surface area is 273 Å². The van der Waals surface area contributed by atoms with E-state index in [-0.39, 0.29) is 30.9 Å². The lowest BCUT2D eigenvalue weighted by atomic mass is 9.99. The highest BCUT2D eigenvalue weighted by atomic mass is 35.5. The summed E-state index contributed by atoms with van der Waals surface area (Å²) < 4.78 is 7.39. The molecule has 1 unspecified atom stereocenters. The number of pyridine rings is 3. The van der Waals surface area contributed by atoms with E-state index in [9.17, 15) is 19.5 Å². The summed E-state index contributed by atoms with van der Waals surface area (Å²) >= 11 is 14.0. The third kappa shape index (κ3) is 5.86. The second-order valence-electron chi connectivity index (χ2n) is 10.9. The number of amides is 2. The molecule has 11 nitrogen and oxygen atoms in total. The van der Waals surface area contributed by atoms with Crippen molar-refractivity contribution < 1.29 is 24.2 Å². The van der Waals surface area contributed by atoms with Crippen LogP contribution in [0.3, 0.4) is 0 Å². The number of fused-ring (bicyclic) bond motifs is 1. The molecule has 5 aromatic rings. The Morgan fingerprint density at radius 1 is 1.15 bits per heavy atom. The predicted molar refractivity (Wildman–Crippen MR) is 174 cm³/mol. The minimum absolute atomic E-state index is 0.0290. The van der Waals surface area contributed by atoms with Crippen LogP contribution >= 0.6 is 23.2 Å². The fourth-order valence-electron chi connectivity index (χ4n) is 5.70. The van der Waals surface area contributed by atoms with E-state index in [0.29, 0.717) is 73.2 Å². The highest BCUT2D eigenvalue weighted by Gasteiger charge is 2.26. The van der Waals surface area contributed by atoms with Crippen molar-refractivity contribution in [2.24, 2.45) is 7.05 Å². The minimum Gasteiger partial charge on any atom is -0.481 e.